The molecule has 1 aromatic heterocycles. The van der Waals surface area contributed by atoms with E-state index in [-0.39, 0.29) is 5.56 Å². The maximum atomic E-state index is 14.1. The van der Waals surface area contributed by atoms with E-state index in [1.807, 2.05) is 0 Å². The van der Waals surface area contributed by atoms with Crippen molar-refractivity contribution in [1.82, 2.24) is 0 Å². The maximum absolute atomic E-state index is 14.1. The van der Waals surface area contributed by atoms with Crippen molar-refractivity contribution in [3.05, 3.63) is 70.4 Å². The first-order valence-electron chi connectivity index (χ1n) is 16.6. The van der Waals surface area contributed by atoms with Crippen molar-refractivity contribution in [1.29, 1.82) is 0 Å². The van der Waals surface area contributed by atoms with Crippen LogP contribution in [0.3, 0.4) is 0 Å². The first-order valence-corrected chi connectivity index (χ1v) is 16.6. The highest BCUT2D eigenvalue weighted by atomic mass is 16.8. The molecule has 0 aliphatic carbocycles. The number of fused-ring (bicyclic) bond motifs is 1. The molecule has 4 aromatic rings. The summed E-state index contributed by atoms with van der Waals surface area (Å²) in [7, 11) is 0. The zero-order valence-electron chi connectivity index (χ0n) is 28.6. The molecule has 12 N–H and O–H groups in total. The normalized spacial score (nSPS) is 28.1. The topological polar surface area (TPSA) is 336 Å². The molecule has 6 rings (SSSR count). The van der Waals surface area contributed by atoms with Gasteiger partial charge in [0, 0.05) is 23.8 Å². The molecular weight excluding hydrogens is 752 g/mol. The number of hydrogen-bond acceptors (Lipinski definition) is 20. The van der Waals surface area contributed by atoms with Crippen molar-refractivity contribution in [3.8, 4) is 51.6 Å². The van der Waals surface area contributed by atoms with Crippen LogP contribution in [0, 0.1) is 0 Å². The predicted octanol–water partition coefficient (Wildman–Crippen LogP) is -1.39. The number of aromatic hydroxyl groups is 5. The largest absolute Gasteiger partial charge is 0.508 e. The third-order valence-electron chi connectivity index (χ3n) is 8.96. The number of ether oxygens (including phenoxy) is 5. The van der Waals surface area contributed by atoms with Crippen LogP contribution in [0.25, 0.3) is 28.4 Å². The van der Waals surface area contributed by atoms with Crippen molar-refractivity contribution in [2.45, 2.75) is 61.4 Å². The first kappa shape index (κ1) is 40.2. The van der Waals surface area contributed by atoms with Gasteiger partial charge in [0.25, 0.3) is 0 Å². The first-order chi connectivity index (χ1) is 26.6. The van der Waals surface area contributed by atoms with Gasteiger partial charge in [-0.25, -0.2) is 4.79 Å². The lowest BCUT2D eigenvalue weighted by atomic mass is 9.97. The smallest absolute Gasteiger partial charge is 0.336 e. The summed E-state index contributed by atoms with van der Waals surface area (Å²) in [5, 5.41) is 123. The molecule has 10 atom stereocenters. The Hall–Kier alpha value is -5.52. The summed E-state index contributed by atoms with van der Waals surface area (Å²) in [5.41, 5.74) is -1.40. The molecule has 0 radical (unpaired) electrons. The average molecular weight is 789 g/mol. The Balaban J connectivity index is 1.40. The number of aliphatic hydroxyl groups is 7. The number of benzene rings is 3. The van der Waals surface area contributed by atoms with Crippen LogP contribution in [-0.4, -0.2) is 142 Å². The van der Waals surface area contributed by atoms with Gasteiger partial charge < -0.3 is 89.4 Å². The second kappa shape index (κ2) is 16.3. The Kier molecular flexibility index (Phi) is 11.7. The van der Waals surface area contributed by atoms with Gasteiger partial charge in [-0.3, -0.25) is 4.79 Å². The van der Waals surface area contributed by atoms with Gasteiger partial charge in [-0.15, -0.1) is 0 Å². The monoisotopic (exact) mass is 788 g/mol. The van der Waals surface area contributed by atoms with E-state index in [2.05, 4.69) is 0 Å². The molecule has 2 saturated heterocycles. The average Bonchev–Trinajstić information content (AvgIpc) is 3.16. The minimum atomic E-state index is -2.04. The lowest BCUT2D eigenvalue weighted by Crippen LogP contribution is -2.65. The van der Waals surface area contributed by atoms with E-state index >= 15 is 0 Å². The minimum absolute atomic E-state index is 0.156. The van der Waals surface area contributed by atoms with Gasteiger partial charge in [0.15, 0.2) is 41.2 Å². The molecule has 300 valence electrons. The SMILES string of the molecule is O=C(/C=C/c1ccc(O)c(O)c1)Oc1cc(-c2oc3cc(O)cc(O)c3c(=O)c2OC2OC(CO)C(O)C(O)C2OC2OC(CO)C(O)[C@H](O)C2O)ccc1O. The quantitative estimate of drug-likeness (QED) is 0.0381. The third kappa shape index (κ3) is 7.92. The molecule has 0 amide bonds. The Morgan fingerprint density at radius 1 is 0.714 bits per heavy atom. The van der Waals surface area contributed by atoms with Crippen LogP contribution in [0.1, 0.15) is 5.56 Å². The van der Waals surface area contributed by atoms with E-state index in [1.54, 1.807) is 0 Å². The van der Waals surface area contributed by atoms with Crippen LogP contribution in [0.15, 0.2) is 63.8 Å². The van der Waals surface area contributed by atoms with Gasteiger partial charge in [-0.2, -0.15) is 0 Å². The Morgan fingerprint density at radius 2 is 1.38 bits per heavy atom. The van der Waals surface area contributed by atoms with Gasteiger partial charge >= 0.3 is 5.97 Å². The maximum Gasteiger partial charge on any atom is 0.336 e. The van der Waals surface area contributed by atoms with Gasteiger partial charge in [0.1, 0.15) is 65.2 Å². The lowest BCUT2D eigenvalue weighted by Gasteiger charge is -2.45. The molecule has 0 spiro atoms. The molecule has 2 aliphatic rings. The fourth-order valence-electron chi connectivity index (χ4n) is 6.00. The number of esters is 1. The summed E-state index contributed by atoms with van der Waals surface area (Å²) in [6.07, 6.45) is -16.5. The second-order valence-corrected chi connectivity index (χ2v) is 12.7. The molecule has 20 nitrogen and oxygen atoms in total. The zero-order chi connectivity index (χ0) is 40.6. The highest BCUT2D eigenvalue weighted by molar-refractivity contribution is 5.90. The molecule has 0 saturated carbocycles. The summed E-state index contributed by atoms with van der Waals surface area (Å²) in [5.74, 6) is -5.61. The summed E-state index contributed by atoms with van der Waals surface area (Å²) in [6.45, 7) is -1.77. The number of aliphatic hydroxyl groups excluding tert-OH is 7. The van der Waals surface area contributed by atoms with Crippen molar-refractivity contribution in [2.24, 2.45) is 0 Å². The number of hydrogen-bond donors (Lipinski definition) is 12. The minimum Gasteiger partial charge on any atom is -0.508 e. The summed E-state index contributed by atoms with van der Waals surface area (Å²) >= 11 is 0. The van der Waals surface area contributed by atoms with Crippen molar-refractivity contribution in [3.63, 3.8) is 0 Å². The lowest BCUT2D eigenvalue weighted by molar-refractivity contribution is -0.358. The zero-order valence-corrected chi connectivity index (χ0v) is 28.6. The van der Waals surface area contributed by atoms with E-state index in [4.69, 9.17) is 28.1 Å². The molecule has 20 heteroatoms. The number of rotatable bonds is 10. The van der Waals surface area contributed by atoms with Crippen LogP contribution < -0.4 is 14.9 Å². The van der Waals surface area contributed by atoms with Crippen LogP contribution in [0.2, 0.25) is 0 Å². The van der Waals surface area contributed by atoms with E-state index in [9.17, 15) is 70.9 Å². The molecule has 9 unspecified atom stereocenters. The molecule has 3 heterocycles. The van der Waals surface area contributed by atoms with Gasteiger partial charge in [-0.1, -0.05) is 6.07 Å². The fraction of sp³-hybridized carbons (Fsp3) is 0.333. The third-order valence-corrected chi connectivity index (χ3v) is 8.96. The Bertz CT molecular complexity index is 2160. The second-order valence-electron chi connectivity index (χ2n) is 12.7. The number of carbonyl (C=O) groups is 1. The number of phenols is 5. The van der Waals surface area contributed by atoms with Crippen LogP contribution >= 0.6 is 0 Å². The van der Waals surface area contributed by atoms with Crippen molar-refractivity contribution < 1.29 is 94.2 Å². The summed E-state index contributed by atoms with van der Waals surface area (Å²) < 4.78 is 33.8. The summed E-state index contributed by atoms with van der Waals surface area (Å²) in [4.78, 5) is 26.9. The number of phenolic OH excluding ortho intramolecular Hbond substituents is 5. The van der Waals surface area contributed by atoms with E-state index in [0.29, 0.717) is 5.56 Å². The van der Waals surface area contributed by atoms with Crippen LogP contribution in [0.4, 0.5) is 0 Å². The fourth-order valence-corrected chi connectivity index (χ4v) is 6.00. The van der Waals surface area contributed by atoms with Gasteiger partial charge in [0.05, 0.1) is 13.2 Å². The molecule has 56 heavy (non-hydrogen) atoms. The van der Waals surface area contributed by atoms with E-state index in [0.717, 1.165) is 36.4 Å². The summed E-state index contributed by atoms with van der Waals surface area (Å²) in [6, 6.07) is 8.77. The molecule has 2 fully saturated rings. The highest BCUT2D eigenvalue weighted by Gasteiger charge is 2.51. The van der Waals surface area contributed by atoms with Gasteiger partial charge in [0.2, 0.25) is 17.5 Å². The van der Waals surface area contributed by atoms with Crippen molar-refractivity contribution in [2.75, 3.05) is 13.2 Å². The van der Waals surface area contributed by atoms with Crippen LogP contribution in [-0.2, 0) is 19.0 Å². The van der Waals surface area contributed by atoms with Crippen molar-refractivity contribution >= 4 is 23.0 Å². The van der Waals surface area contributed by atoms with E-state index < -0.39 is 143 Å². The molecular formula is C36H36O20. The Labute approximate surface area is 313 Å². The highest BCUT2D eigenvalue weighted by Crippen LogP contribution is 2.40. The van der Waals surface area contributed by atoms with Gasteiger partial charge in [-0.05, 0) is 42.0 Å². The molecule has 3 aromatic carbocycles. The van der Waals surface area contributed by atoms with E-state index in [1.165, 1.54) is 24.3 Å². The predicted molar refractivity (Wildman–Crippen MR) is 184 cm³/mol. The molecule has 0 bridgehead atoms. The van der Waals surface area contributed by atoms with Crippen LogP contribution in [0.5, 0.6) is 40.2 Å². The number of carbonyl (C=O) groups excluding carboxylic acids is 1. The standard InChI is InChI=1S/C36H36O20/c37-11-22-26(45)29(48)31(50)35(53-22)56-34-30(49)27(46)23(12-38)54-36(34)55-33-28(47)25-19(43)9-15(39)10-21(25)52-32(33)14-3-5-17(41)20(8-14)51-24(44)6-2-13-1-4-16(40)18(42)7-13/h1-10,22-23,26-27,29-31,34-43,45-46,48-50H,11-12H2/b6-2+/t22?,23?,26?,27?,29-,30?,31?,34?,35?,36?/m0/s1. The molecule has 2 aliphatic heterocycles. The Morgan fingerprint density at radius 3 is 2.05 bits per heavy atom.